The molecule has 2 aliphatic rings. The zero-order valence-electron chi connectivity index (χ0n) is 8.10. The van der Waals surface area contributed by atoms with E-state index in [2.05, 4.69) is 10.6 Å². The van der Waals surface area contributed by atoms with Gasteiger partial charge in [-0.05, 0) is 19.4 Å². The van der Waals surface area contributed by atoms with Gasteiger partial charge in [-0.15, -0.1) is 0 Å². The lowest BCUT2D eigenvalue weighted by Crippen LogP contribution is -2.69. The molecule has 2 rings (SSSR count). The van der Waals surface area contributed by atoms with Gasteiger partial charge in [0.15, 0.2) is 0 Å². The van der Waals surface area contributed by atoms with Gasteiger partial charge in [0.05, 0.1) is 0 Å². The average molecular weight is 183 g/mol. The molecule has 2 heterocycles. The standard InChI is InChI=1S/C9H17N3O/c1-12-8(13)3-6-11-9(12)4-2-5-10-7-9/h10-11H,2-7H2,1H3. The molecule has 2 saturated heterocycles. The normalized spacial score (nSPS) is 35.5. The molecule has 2 fully saturated rings. The second kappa shape index (κ2) is 3.27. The molecule has 4 nitrogen and oxygen atoms in total. The lowest BCUT2D eigenvalue weighted by atomic mass is 9.95. The Bertz CT molecular complexity index is 205. The first kappa shape index (κ1) is 8.97. The molecular weight excluding hydrogens is 166 g/mol. The Labute approximate surface area is 78.7 Å². The van der Waals surface area contributed by atoms with Crippen molar-refractivity contribution in [3.05, 3.63) is 0 Å². The molecule has 0 aromatic carbocycles. The highest BCUT2D eigenvalue weighted by Gasteiger charge is 2.40. The quantitative estimate of drug-likeness (QED) is 0.533. The first-order chi connectivity index (χ1) is 6.25. The molecule has 13 heavy (non-hydrogen) atoms. The van der Waals surface area contributed by atoms with E-state index in [0.29, 0.717) is 6.42 Å². The topological polar surface area (TPSA) is 44.4 Å². The fourth-order valence-electron chi connectivity index (χ4n) is 2.25. The van der Waals surface area contributed by atoms with Crippen LogP contribution in [0.5, 0.6) is 0 Å². The molecule has 0 aromatic rings. The van der Waals surface area contributed by atoms with Crippen molar-refractivity contribution in [1.29, 1.82) is 0 Å². The van der Waals surface area contributed by atoms with E-state index in [0.717, 1.165) is 32.5 Å². The van der Waals surface area contributed by atoms with Crippen LogP contribution in [0.4, 0.5) is 0 Å². The maximum Gasteiger partial charge on any atom is 0.225 e. The Balaban J connectivity index is 2.13. The maximum atomic E-state index is 11.5. The molecule has 2 N–H and O–H groups in total. The zero-order valence-corrected chi connectivity index (χ0v) is 8.10. The Morgan fingerprint density at radius 1 is 1.46 bits per heavy atom. The summed E-state index contributed by atoms with van der Waals surface area (Å²) in [6, 6.07) is 0. The average Bonchev–Trinajstić information content (AvgIpc) is 2.16. The van der Waals surface area contributed by atoms with E-state index in [-0.39, 0.29) is 11.6 Å². The second-order valence-electron chi connectivity index (χ2n) is 3.94. The summed E-state index contributed by atoms with van der Waals surface area (Å²) in [6.45, 7) is 2.78. The van der Waals surface area contributed by atoms with Gasteiger partial charge in [0.2, 0.25) is 5.91 Å². The number of hydrogen-bond acceptors (Lipinski definition) is 3. The van der Waals surface area contributed by atoms with E-state index in [1.165, 1.54) is 0 Å². The molecule has 0 aliphatic carbocycles. The summed E-state index contributed by atoms with van der Waals surface area (Å²) >= 11 is 0. The fourth-order valence-corrected chi connectivity index (χ4v) is 2.25. The Kier molecular flexibility index (Phi) is 2.26. The molecule has 1 spiro atoms. The van der Waals surface area contributed by atoms with Gasteiger partial charge >= 0.3 is 0 Å². The van der Waals surface area contributed by atoms with Gasteiger partial charge in [0.25, 0.3) is 0 Å². The summed E-state index contributed by atoms with van der Waals surface area (Å²) in [6.07, 6.45) is 2.85. The summed E-state index contributed by atoms with van der Waals surface area (Å²) in [4.78, 5) is 13.4. The minimum absolute atomic E-state index is 0.0897. The molecule has 4 heteroatoms. The van der Waals surface area contributed by atoms with Crippen molar-refractivity contribution in [3.63, 3.8) is 0 Å². The van der Waals surface area contributed by atoms with Gasteiger partial charge in [-0.2, -0.15) is 0 Å². The highest BCUT2D eigenvalue weighted by molar-refractivity contribution is 5.77. The highest BCUT2D eigenvalue weighted by atomic mass is 16.2. The molecule has 0 radical (unpaired) electrons. The first-order valence-electron chi connectivity index (χ1n) is 4.97. The number of amides is 1. The van der Waals surface area contributed by atoms with Gasteiger partial charge in [-0.25, -0.2) is 0 Å². The lowest BCUT2D eigenvalue weighted by molar-refractivity contribution is -0.142. The van der Waals surface area contributed by atoms with Crippen molar-refractivity contribution in [1.82, 2.24) is 15.5 Å². The van der Waals surface area contributed by atoms with Crippen LogP contribution in [0.3, 0.4) is 0 Å². The predicted molar refractivity (Wildman–Crippen MR) is 50.2 cm³/mol. The number of nitrogens with one attached hydrogen (secondary N) is 2. The Hall–Kier alpha value is -0.610. The molecule has 1 atom stereocenters. The minimum atomic E-state index is -0.0897. The second-order valence-corrected chi connectivity index (χ2v) is 3.94. The van der Waals surface area contributed by atoms with Crippen LogP contribution in [0, 0.1) is 0 Å². The van der Waals surface area contributed by atoms with Crippen molar-refractivity contribution in [3.8, 4) is 0 Å². The monoisotopic (exact) mass is 183 g/mol. The van der Waals surface area contributed by atoms with E-state index in [9.17, 15) is 4.79 Å². The van der Waals surface area contributed by atoms with Gasteiger partial charge in [0.1, 0.15) is 5.66 Å². The Morgan fingerprint density at radius 3 is 3.00 bits per heavy atom. The summed E-state index contributed by atoms with van der Waals surface area (Å²) in [5.74, 6) is 0.266. The number of hydrogen-bond donors (Lipinski definition) is 2. The van der Waals surface area contributed by atoms with Crippen molar-refractivity contribution in [2.24, 2.45) is 0 Å². The number of carbonyl (C=O) groups excluding carboxylic acids is 1. The third kappa shape index (κ3) is 1.44. The van der Waals surface area contributed by atoms with E-state index in [1.54, 1.807) is 0 Å². The molecule has 2 aliphatic heterocycles. The van der Waals surface area contributed by atoms with Crippen LogP contribution in [-0.4, -0.2) is 43.2 Å². The summed E-state index contributed by atoms with van der Waals surface area (Å²) in [7, 11) is 1.90. The minimum Gasteiger partial charge on any atom is -0.326 e. The maximum absolute atomic E-state index is 11.5. The predicted octanol–water partition coefficient (Wildman–Crippen LogP) is -0.482. The summed E-state index contributed by atoms with van der Waals surface area (Å²) < 4.78 is 0. The van der Waals surface area contributed by atoms with E-state index < -0.39 is 0 Å². The number of nitrogens with zero attached hydrogens (tertiary/aromatic N) is 1. The fraction of sp³-hybridized carbons (Fsp3) is 0.889. The van der Waals surface area contributed by atoms with Crippen LogP contribution >= 0.6 is 0 Å². The van der Waals surface area contributed by atoms with E-state index >= 15 is 0 Å². The number of likely N-dealkylation sites (N-methyl/N-ethyl adjacent to an activating group) is 1. The third-order valence-corrected chi connectivity index (χ3v) is 3.17. The summed E-state index contributed by atoms with van der Waals surface area (Å²) in [5, 5.41) is 6.80. The van der Waals surface area contributed by atoms with Gasteiger partial charge < -0.3 is 10.2 Å². The molecule has 0 bridgehead atoms. The Morgan fingerprint density at radius 2 is 2.31 bits per heavy atom. The zero-order chi connectivity index (χ0) is 9.31. The summed E-state index contributed by atoms with van der Waals surface area (Å²) in [5.41, 5.74) is -0.0897. The van der Waals surface area contributed by atoms with Crippen LogP contribution < -0.4 is 10.6 Å². The lowest BCUT2D eigenvalue weighted by Gasteiger charge is -2.48. The first-order valence-corrected chi connectivity index (χ1v) is 4.97. The third-order valence-electron chi connectivity index (χ3n) is 3.17. The van der Waals surface area contributed by atoms with Gasteiger partial charge in [0, 0.05) is 26.6 Å². The largest absolute Gasteiger partial charge is 0.326 e. The van der Waals surface area contributed by atoms with Crippen LogP contribution in [0.15, 0.2) is 0 Å². The SMILES string of the molecule is CN1C(=O)CCNC12CCCNC2. The molecule has 0 aromatic heterocycles. The molecule has 74 valence electrons. The van der Waals surface area contributed by atoms with E-state index in [4.69, 9.17) is 0 Å². The molecule has 1 unspecified atom stereocenters. The molecule has 1 amide bonds. The van der Waals surface area contributed by atoms with Gasteiger partial charge in [-0.3, -0.25) is 10.1 Å². The molecular formula is C9H17N3O. The van der Waals surface area contributed by atoms with Crippen molar-refractivity contribution in [2.75, 3.05) is 26.7 Å². The van der Waals surface area contributed by atoms with Crippen molar-refractivity contribution >= 4 is 5.91 Å². The van der Waals surface area contributed by atoms with Crippen molar-refractivity contribution < 1.29 is 4.79 Å². The van der Waals surface area contributed by atoms with Crippen LogP contribution in [0.25, 0.3) is 0 Å². The number of carbonyl (C=O) groups is 1. The molecule has 0 saturated carbocycles. The number of piperidine rings is 1. The van der Waals surface area contributed by atoms with Gasteiger partial charge in [-0.1, -0.05) is 0 Å². The van der Waals surface area contributed by atoms with E-state index in [1.807, 2.05) is 11.9 Å². The highest BCUT2D eigenvalue weighted by Crippen LogP contribution is 2.23. The smallest absolute Gasteiger partial charge is 0.225 e. The van der Waals surface area contributed by atoms with Crippen LogP contribution in [0.1, 0.15) is 19.3 Å². The number of rotatable bonds is 0. The van der Waals surface area contributed by atoms with Crippen molar-refractivity contribution in [2.45, 2.75) is 24.9 Å². The van der Waals surface area contributed by atoms with Crippen LogP contribution in [-0.2, 0) is 4.79 Å². The van der Waals surface area contributed by atoms with Crippen LogP contribution in [0.2, 0.25) is 0 Å².